The van der Waals surface area contributed by atoms with Gasteiger partial charge in [0.25, 0.3) is 5.78 Å². The zero-order valence-corrected chi connectivity index (χ0v) is 15.9. The third-order valence-corrected chi connectivity index (χ3v) is 4.51. The van der Waals surface area contributed by atoms with Crippen molar-refractivity contribution in [3.05, 3.63) is 89.0 Å². The van der Waals surface area contributed by atoms with Crippen LogP contribution in [0.25, 0.3) is 5.78 Å². The van der Waals surface area contributed by atoms with Crippen LogP contribution in [0.2, 0.25) is 0 Å². The lowest BCUT2D eigenvalue weighted by Crippen LogP contribution is -2.16. The molecule has 0 unspecified atom stereocenters. The molecule has 4 aromatic rings. The van der Waals surface area contributed by atoms with Crippen molar-refractivity contribution in [1.29, 1.82) is 0 Å². The minimum absolute atomic E-state index is 0.0987. The molecule has 0 spiro atoms. The second-order valence-electron chi connectivity index (χ2n) is 6.82. The summed E-state index contributed by atoms with van der Waals surface area (Å²) in [6.07, 6.45) is 0.855. The molecule has 0 atom stereocenters. The van der Waals surface area contributed by atoms with Gasteiger partial charge in [0.2, 0.25) is 5.91 Å². The van der Waals surface area contributed by atoms with E-state index in [4.69, 9.17) is 0 Å². The summed E-state index contributed by atoms with van der Waals surface area (Å²) in [5.74, 6) is 0.829. The number of benzene rings is 2. The summed E-state index contributed by atoms with van der Waals surface area (Å²) in [4.78, 5) is 21.3. The highest BCUT2D eigenvalue weighted by Gasteiger charge is 2.13. The molecule has 6 heteroatoms. The molecule has 2 aromatic heterocycles. The fraction of sp³-hybridized carbons (Fsp3) is 0.182. The number of rotatable bonds is 5. The summed E-state index contributed by atoms with van der Waals surface area (Å²) in [5.41, 5.74) is 4.89. The smallest absolute Gasteiger partial charge is 0.252 e. The van der Waals surface area contributed by atoms with Gasteiger partial charge in [-0.05, 0) is 43.5 Å². The number of para-hydroxylation sites is 1. The highest BCUT2D eigenvalue weighted by molar-refractivity contribution is 5.92. The number of aromatic nitrogens is 4. The van der Waals surface area contributed by atoms with Crippen LogP contribution in [-0.2, 0) is 17.6 Å². The lowest BCUT2D eigenvalue weighted by Gasteiger charge is -2.10. The molecule has 140 valence electrons. The van der Waals surface area contributed by atoms with Crippen LogP contribution in [0.1, 0.15) is 28.3 Å². The molecule has 28 heavy (non-hydrogen) atoms. The van der Waals surface area contributed by atoms with E-state index >= 15 is 0 Å². The predicted molar refractivity (Wildman–Crippen MR) is 108 cm³/mol. The maximum absolute atomic E-state index is 12.6. The Morgan fingerprint density at radius 2 is 1.75 bits per heavy atom. The summed E-state index contributed by atoms with van der Waals surface area (Å²) in [5, 5.41) is 7.41. The lowest BCUT2D eigenvalue weighted by atomic mass is 10.0. The van der Waals surface area contributed by atoms with Gasteiger partial charge in [0, 0.05) is 17.1 Å². The Balaban J connectivity index is 1.51. The highest BCUT2D eigenvalue weighted by Crippen LogP contribution is 2.19. The Morgan fingerprint density at radius 1 is 1.00 bits per heavy atom. The van der Waals surface area contributed by atoms with E-state index in [0.717, 1.165) is 29.1 Å². The lowest BCUT2D eigenvalue weighted by molar-refractivity contribution is -0.115. The summed E-state index contributed by atoms with van der Waals surface area (Å²) >= 11 is 0. The van der Waals surface area contributed by atoms with Crippen molar-refractivity contribution in [1.82, 2.24) is 19.6 Å². The number of hydrogen-bond acceptors (Lipinski definition) is 4. The molecule has 0 saturated heterocycles. The molecule has 4 rings (SSSR count). The first-order valence-corrected chi connectivity index (χ1v) is 9.20. The van der Waals surface area contributed by atoms with Crippen LogP contribution in [0.3, 0.4) is 0 Å². The van der Waals surface area contributed by atoms with Gasteiger partial charge in [-0.3, -0.25) is 4.79 Å². The number of nitrogens with one attached hydrogen (secondary N) is 1. The number of nitrogens with zero attached hydrogens (tertiary/aromatic N) is 4. The van der Waals surface area contributed by atoms with Crippen molar-refractivity contribution in [3.8, 4) is 0 Å². The molecule has 2 aromatic carbocycles. The normalized spacial score (nSPS) is 10.9. The number of carbonyl (C=O) groups is 1. The zero-order chi connectivity index (χ0) is 19.5. The standard InChI is InChI=1S/C22H21N5O/c1-15-12-16(2)27-22(23-15)25-20(26-27)14-21(28)24-19-11-7-6-10-18(19)13-17-8-4-3-5-9-17/h3-12H,13-14H2,1-2H3,(H,24,28). The summed E-state index contributed by atoms with van der Waals surface area (Å²) in [6.45, 7) is 3.86. The SMILES string of the molecule is Cc1cc(C)n2nc(CC(=O)Nc3ccccc3Cc3ccccc3)nc2n1. The van der Waals surface area contributed by atoms with Crippen molar-refractivity contribution in [2.75, 3.05) is 5.32 Å². The van der Waals surface area contributed by atoms with Crippen molar-refractivity contribution in [2.45, 2.75) is 26.7 Å². The Hall–Kier alpha value is -3.54. The summed E-state index contributed by atoms with van der Waals surface area (Å²) in [6, 6.07) is 20.0. The van der Waals surface area contributed by atoms with E-state index in [1.807, 2.05) is 62.4 Å². The first kappa shape index (κ1) is 17.9. The average molecular weight is 371 g/mol. The maximum Gasteiger partial charge on any atom is 0.252 e. The zero-order valence-electron chi connectivity index (χ0n) is 15.9. The van der Waals surface area contributed by atoms with Crippen LogP contribution >= 0.6 is 0 Å². The quantitative estimate of drug-likeness (QED) is 0.583. The van der Waals surface area contributed by atoms with Gasteiger partial charge in [-0.25, -0.2) is 9.50 Å². The summed E-state index contributed by atoms with van der Waals surface area (Å²) in [7, 11) is 0. The van der Waals surface area contributed by atoms with E-state index in [0.29, 0.717) is 11.6 Å². The van der Waals surface area contributed by atoms with Crippen LogP contribution in [0.5, 0.6) is 0 Å². The first-order valence-electron chi connectivity index (χ1n) is 9.20. The second kappa shape index (κ2) is 7.60. The fourth-order valence-corrected chi connectivity index (χ4v) is 3.23. The second-order valence-corrected chi connectivity index (χ2v) is 6.82. The van der Waals surface area contributed by atoms with E-state index in [-0.39, 0.29) is 12.3 Å². The average Bonchev–Trinajstić information content (AvgIpc) is 3.06. The van der Waals surface area contributed by atoms with E-state index in [2.05, 4.69) is 32.5 Å². The van der Waals surface area contributed by atoms with E-state index < -0.39 is 0 Å². The molecule has 2 heterocycles. The number of hydrogen-bond donors (Lipinski definition) is 1. The van der Waals surface area contributed by atoms with E-state index in [9.17, 15) is 4.79 Å². The van der Waals surface area contributed by atoms with Crippen LogP contribution < -0.4 is 5.32 Å². The molecule has 1 amide bonds. The van der Waals surface area contributed by atoms with Crippen LogP contribution in [-0.4, -0.2) is 25.5 Å². The number of carbonyl (C=O) groups excluding carboxylic acids is 1. The van der Waals surface area contributed by atoms with Crippen LogP contribution in [0.4, 0.5) is 5.69 Å². The van der Waals surface area contributed by atoms with Crippen LogP contribution in [0.15, 0.2) is 60.7 Å². The molecule has 0 aliphatic rings. The van der Waals surface area contributed by atoms with Gasteiger partial charge in [0.1, 0.15) is 0 Å². The molecule has 0 saturated carbocycles. The molecule has 0 aliphatic heterocycles. The first-order chi connectivity index (χ1) is 13.6. The fourth-order valence-electron chi connectivity index (χ4n) is 3.23. The molecular weight excluding hydrogens is 350 g/mol. The molecule has 0 aliphatic carbocycles. The number of anilines is 1. The largest absolute Gasteiger partial charge is 0.325 e. The third kappa shape index (κ3) is 3.91. The van der Waals surface area contributed by atoms with Gasteiger partial charge in [0.05, 0.1) is 6.42 Å². The van der Waals surface area contributed by atoms with Crippen molar-refractivity contribution in [2.24, 2.45) is 0 Å². The third-order valence-electron chi connectivity index (χ3n) is 4.51. The molecule has 0 fully saturated rings. The number of amides is 1. The minimum Gasteiger partial charge on any atom is -0.325 e. The van der Waals surface area contributed by atoms with Gasteiger partial charge in [-0.1, -0.05) is 48.5 Å². The van der Waals surface area contributed by atoms with Crippen LogP contribution in [0, 0.1) is 13.8 Å². The summed E-state index contributed by atoms with van der Waals surface area (Å²) < 4.78 is 1.67. The predicted octanol–water partition coefficient (Wildman–Crippen LogP) is 3.51. The van der Waals surface area contributed by atoms with Crippen molar-refractivity contribution >= 4 is 17.4 Å². The molecule has 0 bridgehead atoms. The topological polar surface area (TPSA) is 72.2 Å². The van der Waals surface area contributed by atoms with E-state index in [1.54, 1.807) is 4.52 Å². The Morgan fingerprint density at radius 3 is 2.57 bits per heavy atom. The Kier molecular flexibility index (Phi) is 4.85. The van der Waals surface area contributed by atoms with Gasteiger partial charge < -0.3 is 5.32 Å². The van der Waals surface area contributed by atoms with Gasteiger partial charge in [-0.2, -0.15) is 4.98 Å². The monoisotopic (exact) mass is 371 g/mol. The number of fused-ring (bicyclic) bond motifs is 1. The number of aryl methyl sites for hydroxylation is 2. The van der Waals surface area contributed by atoms with Gasteiger partial charge in [0.15, 0.2) is 5.82 Å². The minimum atomic E-state index is -0.147. The van der Waals surface area contributed by atoms with Crippen molar-refractivity contribution in [3.63, 3.8) is 0 Å². The molecule has 0 radical (unpaired) electrons. The van der Waals surface area contributed by atoms with Gasteiger partial charge in [-0.15, -0.1) is 5.10 Å². The molecule has 6 nitrogen and oxygen atoms in total. The molecular formula is C22H21N5O. The Bertz CT molecular complexity index is 1130. The highest BCUT2D eigenvalue weighted by atomic mass is 16.1. The van der Waals surface area contributed by atoms with Crippen molar-refractivity contribution < 1.29 is 4.79 Å². The van der Waals surface area contributed by atoms with Gasteiger partial charge >= 0.3 is 0 Å². The van der Waals surface area contributed by atoms with E-state index in [1.165, 1.54) is 5.56 Å². The molecule has 1 N–H and O–H groups in total. The maximum atomic E-state index is 12.6. The Labute approximate surface area is 163 Å².